The van der Waals surface area contributed by atoms with Crippen molar-refractivity contribution in [2.75, 3.05) is 6.54 Å². The lowest BCUT2D eigenvalue weighted by molar-refractivity contribution is 0.621. The molecule has 1 aromatic carbocycles. The SMILES string of the molecule is NCC[C@H](N)c1ccc(F)cc1Cl. The Labute approximate surface area is 81.7 Å². The number of hydrogen-bond acceptors (Lipinski definition) is 2. The lowest BCUT2D eigenvalue weighted by Crippen LogP contribution is -2.15. The Morgan fingerprint density at radius 2 is 2.15 bits per heavy atom. The molecule has 72 valence electrons. The third kappa shape index (κ3) is 2.66. The van der Waals surface area contributed by atoms with Crippen LogP contribution in [0.4, 0.5) is 4.39 Å². The molecule has 2 nitrogen and oxygen atoms in total. The van der Waals surface area contributed by atoms with Crippen molar-refractivity contribution in [2.45, 2.75) is 12.5 Å². The lowest BCUT2D eigenvalue weighted by Gasteiger charge is -2.12. The molecule has 0 aromatic heterocycles. The van der Waals surface area contributed by atoms with Gasteiger partial charge in [-0.25, -0.2) is 4.39 Å². The second-order valence-corrected chi connectivity index (χ2v) is 3.26. The molecule has 0 unspecified atom stereocenters. The predicted molar refractivity (Wildman–Crippen MR) is 52.0 cm³/mol. The molecule has 1 aromatic rings. The summed E-state index contributed by atoms with van der Waals surface area (Å²) in [7, 11) is 0. The van der Waals surface area contributed by atoms with Gasteiger partial charge in [0.25, 0.3) is 0 Å². The smallest absolute Gasteiger partial charge is 0.124 e. The number of hydrogen-bond donors (Lipinski definition) is 2. The van der Waals surface area contributed by atoms with Crippen molar-refractivity contribution in [1.82, 2.24) is 0 Å². The number of rotatable bonds is 3. The van der Waals surface area contributed by atoms with E-state index >= 15 is 0 Å². The zero-order chi connectivity index (χ0) is 9.84. The highest BCUT2D eigenvalue weighted by atomic mass is 35.5. The van der Waals surface area contributed by atoms with Crippen molar-refractivity contribution in [3.63, 3.8) is 0 Å². The number of nitrogens with two attached hydrogens (primary N) is 2. The first kappa shape index (κ1) is 10.4. The minimum absolute atomic E-state index is 0.210. The van der Waals surface area contributed by atoms with Crippen LogP contribution in [0.25, 0.3) is 0 Å². The second-order valence-electron chi connectivity index (χ2n) is 2.85. The molecular weight excluding hydrogens is 191 g/mol. The van der Waals surface area contributed by atoms with Gasteiger partial charge in [-0.1, -0.05) is 17.7 Å². The van der Waals surface area contributed by atoms with E-state index in [1.807, 2.05) is 0 Å². The van der Waals surface area contributed by atoms with Crippen molar-refractivity contribution in [3.8, 4) is 0 Å². The van der Waals surface area contributed by atoms with E-state index < -0.39 is 0 Å². The molecule has 0 aliphatic carbocycles. The predicted octanol–water partition coefficient (Wildman–Crippen LogP) is 1.83. The van der Waals surface area contributed by atoms with Gasteiger partial charge in [0.2, 0.25) is 0 Å². The maximum atomic E-state index is 12.6. The Morgan fingerprint density at radius 3 is 2.69 bits per heavy atom. The fourth-order valence-corrected chi connectivity index (χ4v) is 1.44. The Balaban J connectivity index is 2.88. The molecule has 0 fully saturated rings. The monoisotopic (exact) mass is 202 g/mol. The zero-order valence-electron chi connectivity index (χ0n) is 7.13. The average Bonchev–Trinajstić information content (AvgIpc) is 2.04. The van der Waals surface area contributed by atoms with Crippen LogP contribution in [0, 0.1) is 5.82 Å². The summed E-state index contributed by atoms with van der Waals surface area (Å²) in [5.41, 5.74) is 11.9. The Morgan fingerprint density at radius 1 is 1.46 bits per heavy atom. The molecule has 0 radical (unpaired) electrons. The number of halogens is 2. The van der Waals surface area contributed by atoms with Gasteiger partial charge in [-0.2, -0.15) is 0 Å². The summed E-state index contributed by atoms with van der Waals surface area (Å²) in [5, 5.41) is 0.362. The van der Waals surface area contributed by atoms with Crippen LogP contribution in [0.3, 0.4) is 0 Å². The summed E-state index contributed by atoms with van der Waals surface area (Å²) in [4.78, 5) is 0. The third-order valence-electron chi connectivity index (χ3n) is 1.84. The molecule has 0 aliphatic rings. The van der Waals surface area contributed by atoms with Crippen LogP contribution in [0.15, 0.2) is 18.2 Å². The molecule has 4 heteroatoms. The van der Waals surface area contributed by atoms with Gasteiger partial charge < -0.3 is 11.5 Å². The Hall–Kier alpha value is -0.640. The van der Waals surface area contributed by atoms with Crippen LogP contribution >= 0.6 is 11.6 Å². The van der Waals surface area contributed by atoms with Crippen LogP contribution in [-0.2, 0) is 0 Å². The van der Waals surface area contributed by atoms with Crippen molar-refractivity contribution in [1.29, 1.82) is 0 Å². The highest BCUT2D eigenvalue weighted by Gasteiger charge is 2.09. The van der Waals surface area contributed by atoms with Gasteiger partial charge >= 0.3 is 0 Å². The summed E-state index contributed by atoms with van der Waals surface area (Å²) < 4.78 is 12.6. The molecular formula is C9H12ClFN2. The summed E-state index contributed by atoms with van der Waals surface area (Å²) >= 11 is 5.80. The highest BCUT2D eigenvalue weighted by Crippen LogP contribution is 2.23. The van der Waals surface area contributed by atoms with E-state index in [0.717, 1.165) is 5.56 Å². The molecule has 0 bridgehead atoms. The van der Waals surface area contributed by atoms with Gasteiger partial charge in [0.05, 0.1) is 0 Å². The summed E-state index contributed by atoms with van der Waals surface area (Å²) in [5.74, 6) is -0.353. The van der Waals surface area contributed by atoms with Crippen molar-refractivity contribution >= 4 is 11.6 Å². The van der Waals surface area contributed by atoms with Gasteiger partial charge in [0.15, 0.2) is 0 Å². The standard InChI is InChI=1S/C9H12ClFN2/c10-8-5-6(11)1-2-7(8)9(13)3-4-12/h1-2,5,9H,3-4,12-13H2/t9-/m0/s1. The highest BCUT2D eigenvalue weighted by molar-refractivity contribution is 6.31. The van der Waals surface area contributed by atoms with E-state index in [-0.39, 0.29) is 11.9 Å². The molecule has 0 spiro atoms. The van der Waals surface area contributed by atoms with Crippen LogP contribution in [0.2, 0.25) is 5.02 Å². The van der Waals surface area contributed by atoms with E-state index in [1.165, 1.54) is 12.1 Å². The van der Waals surface area contributed by atoms with Crippen LogP contribution < -0.4 is 11.5 Å². The van der Waals surface area contributed by atoms with E-state index in [2.05, 4.69) is 0 Å². The second kappa shape index (κ2) is 4.56. The van der Waals surface area contributed by atoms with Gasteiger partial charge in [-0.05, 0) is 30.7 Å². The van der Waals surface area contributed by atoms with Crippen LogP contribution in [0.1, 0.15) is 18.0 Å². The fraction of sp³-hybridized carbons (Fsp3) is 0.333. The third-order valence-corrected chi connectivity index (χ3v) is 2.17. The average molecular weight is 203 g/mol. The summed E-state index contributed by atoms with van der Waals surface area (Å²) in [6.45, 7) is 0.495. The minimum Gasteiger partial charge on any atom is -0.330 e. The zero-order valence-corrected chi connectivity index (χ0v) is 7.89. The Kier molecular flexibility index (Phi) is 3.66. The Bertz CT molecular complexity index is 291. The van der Waals surface area contributed by atoms with E-state index in [9.17, 15) is 4.39 Å². The molecule has 0 aliphatic heterocycles. The summed E-state index contributed by atoms with van der Waals surface area (Å²) in [6.07, 6.45) is 0.644. The first-order chi connectivity index (χ1) is 6.15. The van der Waals surface area contributed by atoms with Gasteiger partial charge in [0, 0.05) is 11.1 Å². The molecule has 0 saturated heterocycles. The topological polar surface area (TPSA) is 52.0 Å². The minimum atomic E-state index is -0.353. The van der Waals surface area contributed by atoms with Crippen molar-refractivity contribution in [2.24, 2.45) is 11.5 Å². The van der Waals surface area contributed by atoms with Gasteiger partial charge in [0.1, 0.15) is 5.82 Å². The molecule has 13 heavy (non-hydrogen) atoms. The van der Waals surface area contributed by atoms with E-state index in [0.29, 0.717) is 18.0 Å². The molecule has 4 N–H and O–H groups in total. The fourth-order valence-electron chi connectivity index (χ4n) is 1.14. The van der Waals surface area contributed by atoms with Gasteiger partial charge in [-0.3, -0.25) is 0 Å². The molecule has 0 heterocycles. The first-order valence-corrected chi connectivity index (χ1v) is 4.43. The maximum Gasteiger partial charge on any atom is 0.124 e. The largest absolute Gasteiger partial charge is 0.330 e. The van der Waals surface area contributed by atoms with Crippen LogP contribution in [0.5, 0.6) is 0 Å². The normalized spacial score (nSPS) is 12.9. The molecule has 1 atom stereocenters. The quantitative estimate of drug-likeness (QED) is 0.786. The van der Waals surface area contributed by atoms with Gasteiger partial charge in [-0.15, -0.1) is 0 Å². The van der Waals surface area contributed by atoms with E-state index in [1.54, 1.807) is 6.07 Å². The maximum absolute atomic E-state index is 12.6. The number of benzene rings is 1. The lowest BCUT2D eigenvalue weighted by atomic mass is 10.0. The van der Waals surface area contributed by atoms with Crippen molar-refractivity contribution in [3.05, 3.63) is 34.6 Å². The molecule has 1 rings (SSSR count). The van der Waals surface area contributed by atoms with Crippen LogP contribution in [-0.4, -0.2) is 6.54 Å². The molecule has 0 saturated carbocycles. The first-order valence-electron chi connectivity index (χ1n) is 4.05. The van der Waals surface area contributed by atoms with E-state index in [4.69, 9.17) is 23.1 Å². The summed E-state index contributed by atoms with van der Waals surface area (Å²) in [6, 6.07) is 3.99. The van der Waals surface area contributed by atoms with Crippen molar-refractivity contribution < 1.29 is 4.39 Å². The molecule has 0 amide bonds.